The molecule has 0 saturated heterocycles. The summed E-state index contributed by atoms with van der Waals surface area (Å²) in [7, 11) is 0. The number of hydrogen-bond acceptors (Lipinski definition) is 2. The van der Waals surface area contributed by atoms with Gasteiger partial charge in [-0.05, 0) is 6.08 Å². The maximum absolute atomic E-state index is 10.0. The largest absolute Gasteiger partial charge is 0.283 e. The quantitative estimate of drug-likeness (QED) is 0.438. The van der Waals surface area contributed by atoms with Crippen LogP contribution in [0, 0.1) is 0 Å². The molecule has 1 rings (SSSR count). The highest BCUT2D eigenvalue weighted by atomic mass is 32.2. The van der Waals surface area contributed by atoms with Crippen LogP contribution >= 0.6 is 0 Å². The van der Waals surface area contributed by atoms with Gasteiger partial charge in [-0.3, -0.25) is 4.18 Å². The highest BCUT2D eigenvalue weighted by molar-refractivity contribution is 7.83. The van der Waals surface area contributed by atoms with E-state index in [0.29, 0.717) is 6.61 Å². The zero-order valence-corrected chi connectivity index (χ0v) is 3.90. The van der Waals surface area contributed by atoms with Gasteiger partial charge in [-0.25, -0.2) is 4.21 Å². The van der Waals surface area contributed by atoms with Crippen molar-refractivity contribution in [3.8, 4) is 0 Å². The molecule has 1 aliphatic rings. The Bertz CT molecular complexity index is 97.0. The summed E-state index contributed by atoms with van der Waals surface area (Å²) in [6.07, 6.45) is 1.73. The monoisotopic (exact) mass is 104 g/mol. The van der Waals surface area contributed by atoms with Crippen molar-refractivity contribution in [2.75, 3.05) is 6.61 Å². The molecule has 0 aromatic heterocycles. The van der Waals surface area contributed by atoms with Crippen molar-refractivity contribution < 1.29 is 8.39 Å². The highest BCUT2D eigenvalue weighted by Crippen LogP contribution is 1.95. The van der Waals surface area contributed by atoms with E-state index in [-0.39, 0.29) is 0 Å². The lowest BCUT2D eigenvalue weighted by atomic mass is 10.7. The molecule has 1 atom stereocenters. The Morgan fingerprint density at radius 3 is 2.83 bits per heavy atom. The van der Waals surface area contributed by atoms with Gasteiger partial charge in [0.1, 0.15) is 0 Å². The Morgan fingerprint density at radius 2 is 2.67 bits per heavy atom. The van der Waals surface area contributed by atoms with Crippen LogP contribution < -0.4 is 0 Å². The van der Waals surface area contributed by atoms with Gasteiger partial charge in [-0.1, -0.05) is 0 Å². The van der Waals surface area contributed by atoms with Crippen LogP contribution in [0.4, 0.5) is 0 Å². The van der Waals surface area contributed by atoms with Gasteiger partial charge in [0.05, 0.1) is 6.61 Å². The van der Waals surface area contributed by atoms with Crippen molar-refractivity contribution in [3.63, 3.8) is 0 Å². The van der Waals surface area contributed by atoms with Crippen LogP contribution in [-0.2, 0) is 15.3 Å². The van der Waals surface area contributed by atoms with Crippen LogP contribution in [0.25, 0.3) is 0 Å². The van der Waals surface area contributed by atoms with E-state index in [1.165, 1.54) is 5.41 Å². The summed E-state index contributed by atoms with van der Waals surface area (Å²) in [5.41, 5.74) is 0. The van der Waals surface area contributed by atoms with Crippen LogP contribution in [0.1, 0.15) is 0 Å². The van der Waals surface area contributed by atoms with E-state index in [4.69, 9.17) is 0 Å². The molecule has 0 N–H and O–H groups in total. The van der Waals surface area contributed by atoms with Gasteiger partial charge >= 0.3 is 0 Å². The van der Waals surface area contributed by atoms with E-state index in [1.807, 2.05) is 0 Å². The topological polar surface area (TPSA) is 26.3 Å². The molecular weight excluding hydrogens is 100 g/mol. The van der Waals surface area contributed by atoms with E-state index in [9.17, 15) is 4.21 Å². The van der Waals surface area contributed by atoms with Crippen molar-refractivity contribution >= 4 is 11.1 Å². The van der Waals surface area contributed by atoms with E-state index in [1.54, 1.807) is 6.08 Å². The first-order valence-electron chi connectivity index (χ1n) is 1.60. The van der Waals surface area contributed by atoms with E-state index in [2.05, 4.69) is 4.18 Å². The third kappa shape index (κ3) is 0.666. The maximum Gasteiger partial charge on any atom is 0.181 e. The molecule has 1 unspecified atom stereocenters. The SMILES string of the molecule is O=S1C=CCO1. The van der Waals surface area contributed by atoms with Gasteiger partial charge in [0.15, 0.2) is 11.1 Å². The number of hydrogen-bond donors (Lipinski definition) is 0. The smallest absolute Gasteiger partial charge is 0.181 e. The van der Waals surface area contributed by atoms with Crippen molar-refractivity contribution in [2.45, 2.75) is 0 Å². The molecule has 1 heterocycles. The van der Waals surface area contributed by atoms with Crippen LogP contribution in [0.3, 0.4) is 0 Å². The second-order valence-electron chi connectivity index (χ2n) is 0.917. The molecule has 0 radical (unpaired) electrons. The lowest BCUT2D eigenvalue weighted by Gasteiger charge is -1.78. The second kappa shape index (κ2) is 1.53. The Hall–Kier alpha value is -0.150. The van der Waals surface area contributed by atoms with E-state index < -0.39 is 11.1 Å². The Balaban J connectivity index is 2.59. The zero-order chi connectivity index (χ0) is 4.41. The molecule has 0 aromatic rings. The van der Waals surface area contributed by atoms with Gasteiger partial charge in [0.2, 0.25) is 0 Å². The fraction of sp³-hybridized carbons (Fsp3) is 0.333. The predicted molar refractivity (Wildman–Crippen MR) is 23.2 cm³/mol. The first kappa shape index (κ1) is 4.02. The van der Waals surface area contributed by atoms with Crippen LogP contribution in [0.2, 0.25) is 0 Å². The molecule has 0 bridgehead atoms. The summed E-state index contributed by atoms with van der Waals surface area (Å²) < 4.78 is 14.6. The standard InChI is InChI=1S/C3H4O2S/c4-6-3-1-2-5-6/h1,3H,2H2. The van der Waals surface area contributed by atoms with Crippen molar-refractivity contribution in [1.82, 2.24) is 0 Å². The summed E-state index contributed by atoms with van der Waals surface area (Å²) >= 11 is -1.10. The molecule has 0 fully saturated rings. The zero-order valence-electron chi connectivity index (χ0n) is 3.09. The average molecular weight is 104 g/mol. The van der Waals surface area contributed by atoms with Gasteiger partial charge in [-0.2, -0.15) is 0 Å². The van der Waals surface area contributed by atoms with Crippen LogP contribution in [0.15, 0.2) is 11.5 Å². The molecule has 3 heteroatoms. The molecule has 34 valence electrons. The minimum Gasteiger partial charge on any atom is -0.283 e. The summed E-state index contributed by atoms with van der Waals surface area (Å²) in [5.74, 6) is 0. The van der Waals surface area contributed by atoms with Crippen molar-refractivity contribution in [2.24, 2.45) is 0 Å². The fourth-order valence-electron chi connectivity index (χ4n) is 0.263. The second-order valence-corrected chi connectivity index (χ2v) is 1.95. The number of rotatable bonds is 0. The van der Waals surface area contributed by atoms with Crippen LogP contribution in [0.5, 0.6) is 0 Å². The molecule has 0 aliphatic carbocycles. The lowest BCUT2D eigenvalue weighted by molar-refractivity contribution is 0.411. The summed E-state index contributed by atoms with van der Waals surface area (Å²) in [4.78, 5) is 0. The van der Waals surface area contributed by atoms with Crippen molar-refractivity contribution in [1.29, 1.82) is 0 Å². The Labute approximate surface area is 38.5 Å². The molecular formula is C3H4O2S. The van der Waals surface area contributed by atoms with Gasteiger partial charge in [0, 0.05) is 5.41 Å². The minimum absolute atomic E-state index is 0.507. The maximum atomic E-state index is 10.0. The Morgan fingerprint density at radius 1 is 1.83 bits per heavy atom. The average Bonchev–Trinajstić information content (AvgIpc) is 1.86. The predicted octanol–water partition coefficient (Wildman–Crippen LogP) is 0.194. The van der Waals surface area contributed by atoms with Crippen molar-refractivity contribution in [3.05, 3.63) is 11.5 Å². The molecule has 0 amide bonds. The molecule has 0 aromatic carbocycles. The normalized spacial score (nSPS) is 31.7. The molecule has 0 saturated carbocycles. The summed E-state index contributed by atoms with van der Waals surface area (Å²) in [6.45, 7) is 0.507. The van der Waals surface area contributed by atoms with Gasteiger partial charge in [-0.15, -0.1) is 0 Å². The highest BCUT2D eigenvalue weighted by Gasteiger charge is 1.96. The van der Waals surface area contributed by atoms with E-state index >= 15 is 0 Å². The van der Waals surface area contributed by atoms with E-state index in [0.717, 1.165) is 0 Å². The first-order valence-corrected chi connectivity index (χ1v) is 2.74. The molecule has 2 nitrogen and oxygen atoms in total. The molecule has 1 aliphatic heterocycles. The molecule has 6 heavy (non-hydrogen) atoms. The summed E-state index contributed by atoms with van der Waals surface area (Å²) in [6, 6.07) is 0. The third-order valence-electron chi connectivity index (χ3n) is 0.488. The van der Waals surface area contributed by atoms with Gasteiger partial charge < -0.3 is 0 Å². The van der Waals surface area contributed by atoms with Crippen LogP contribution in [-0.4, -0.2) is 10.8 Å². The Kier molecular flexibility index (Phi) is 1.03. The third-order valence-corrected chi connectivity index (χ3v) is 1.27. The summed E-state index contributed by atoms with van der Waals surface area (Å²) in [5, 5.41) is 1.53. The fourth-order valence-corrected chi connectivity index (χ4v) is 0.790. The lowest BCUT2D eigenvalue weighted by Crippen LogP contribution is -1.80. The molecule has 0 spiro atoms. The minimum atomic E-state index is -1.10. The van der Waals surface area contributed by atoms with Gasteiger partial charge in [0.25, 0.3) is 0 Å². The first-order chi connectivity index (χ1) is 2.89.